The number of aromatic hydroxyl groups is 1. The summed E-state index contributed by atoms with van der Waals surface area (Å²) in [5, 5.41) is 14.0. The molecule has 8 heteroatoms. The standard InChI is InChI=1S/C30H35N5O3/c1-3-29(23(2)38-21-24-7-5-4-6-8-24)35-30(37)34(22-31-35)27-11-9-25(10-12-27)32-17-19-33(20-18-32)26-13-15-28(36)16-14-26/h4-16,22-23,29,36H,3,17-21H2,1-2H3/t23-,29+/m0/s1. The monoisotopic (exact) mass is 513 g/mol. The molecule has 1 aromatic heterocycles. The number of ether oxygens (including phenoxy) is 1. The zero-order chi connectivity index (χ0) is 26.5. The maximum Gasteiger partial charge on any atom is 0.350 e. The second-order valence-electron chi connectivity index (χ2n) is 9.71. The number of benzene rings is 3. The van der Waals surface area contributed by atoms with Crippen LogP contribution in [-0.2, 0) is 11.3 Å². The average Bonchev–Trinajstić information content (AvgIpc) is 3.34. The fourth-order valence-electron chi connectivity index (χ4n) is 5.05. The Balaban J connectivity index is 1.22. The second-order valence-corrected chi connectivity index (χ2v) is 9.71. The third kappa shape index (κ3) is 5.60. The molecule has 8 nitrogen and oxygen atoms in total. The van der Waals surface area contributed by atoms with Crippen molar-refractivity contribution in [2.45, 2.75) is 39.0 Å². The van der Waals surface area contributed by atoms with Crippen molar-refractivity contribution < 1.29 is 9.84 Å². The lowest BCUT2D eigenvalue weighted by Crippen LogP contribution is -2.46. The largest absolute Gasteiger partial charge is 0.508 e. The zero-order valence-electron chi connectivity index (χ0n) is 22.0. The summed E-state index contributed by atoms with van der Waals surface area (Å²) < 4.78 is 9.24. The molecule has 2 heterocycles. The van der Waals surface area contributed by atoms with Crippen LogP contribution in [0, 0.1) is 0 Å². The highest BCUT2D eigenvalue weighted by atomic mass is 16.5. The van der Waals surface area contributed by atoms with Gasteiger partial charge in [-0.05, 0) is 67.4 Å². The van der Waals surface area contributed by atoms with Crippen LogP contribution in [0.1, 0.15) is 31.9 Å². The van der Waals surface area contributed by atoms with E-state index in [1.807, 2.05) is 61.5 Å². The molecule has 1 saturated heterocycles. The van der Waals surface area contributed by atoms with E-state index in [2.05, 4.69) is 34.0 Å². The maximum atomic E-state index is 13.3. The highest BCUT2D eigenvalue weighted by Gasteiger charge is 2.23. The third-order valence-electron chi connectivity index (χ3n) is 7.31. The van der Waals surface area contributed by atoms with Crippen LogP contribution in [0.5, 0.6) is 5.75 Å². The molecule has 1 N–H and O–H groups in total. The Kier molecular flexibility index (Phi) is 7.79. The Hall–Kier alpha value is -4.04. The molecule has 0 spiro atoms. The number of aromatic nitrogens is 3. The lowest BCUT2D eigenvalue weighted by molar-refractivity contribution is 0.0117. The Morgan fingerprint density at radius 2 is 1.39 bits per heavy atom. The number of hydrogen-bond donors (Lipinski definition) is 1. The smallest absolute Gasteiger partial charge is 0.350 e. The average molecular weight is 514 g/mol. The summed E-state index contributed by atoms with van der Waals surface area (Å²) >= 11 is 0. The first-order valence-electron chi connectivity index (χ1n) is 13.2. The van der Waals surface area contributed by atoms with Gasteiger partial charge in [0.25, 0.3) is 0 Å². The molecule has 5 rings (SSSR count). The molecule has 38 heavy (non-hydrogen) atoms. The van der Waals surface area contributed by atoms with Crippen molar-refractivity contribution in [2.24, 2.45) is 0 Å². The molecule has 0 radical (unpaired) electrons. The van der Waals surface area contributed by atoms with Crippen LogP contribution in [0.4, 0.5) is 11.4 Å². The summed E-state index contributed by atoms with van der Waals surface area (Å²) in [4.78, 5) is 18.0. The van der Waals surface area contributed by atoms with E-state index in [4.69, 9.17) is 4.74 Å². The molecule has 0 bridgehead atoms. The van der Waals surface area contributed by atoms with E-state index < -0.39 is 0 Å². The Bertz CT molecular complexity index is 1360. The van der Waals surface area contributed by atoms with Gasteiger partial charge in [0.05, 0.1) is 24.4 Å². The molecular weight excluding hydrogens is 478 g/mol. The van der Waals surface area contributed by atoms with Crippen molar-refractivity contribution in [2.75, 3.05) is 36.0 Å². The number of phenolic OH excluding ortho intramolecular Hbond substituents is 1. The quantitative estimate of drug-likeness (QED) is 0.352. The molecule has 198 valence electrons. The summed E-state index contributed by atoms with van der Waals surface area (Å²) in [5.41, 5.74) is 3.99. The minimum Gasteiger partial charge on any atom is -0.508 e. The Morgan fingerprint density at radius 1 is 0.842 bits per heavy atom. The van der Waals surface area contributed by atoms with Crippen LogP contribution in [0.2, 0.25) is 0 Å². The fourth-order valence-corrected chi connectivity index (χ4v) is 5.05. The molecule has 0 aliphatic carbocycles. The zero-order valence-corrected chi connectivity index (χ0v) is 22.0. The Labute approximate surface area is 223 Å². The lowest BCUT2D eigenvalue weighted by atomic mass is 10.1. The lowest BCUT2D eigenvalue weighted by Gasteiger charge is -2.37. The molecule has 3 aromatic carbocycles. The van der Waals surface area contributed by atoms with Gasteiger partial charge in [0.1, 0.15) is 12.1 Å². The molecular formula is C30H35N5O3. The van der Waals surface area contributed by atoms with E-state index in [1.165, 1.54) is 0 Å². The molecule has 2 atom stereocenters. The van der Waals surface area contributed by atoms with E-state index in [-0.39, 0.29) is 23.6 Å². The van der Waals surface area contributed by atoms with Crippen molar-refractivity contribution in [3.8, 4) is 11.4 Å². The van der Waals surface area contributed by atoms with Gasteiger partial charge in [0.15, 0.2) is 0 Å². The van der Waals surface area contributed by atoms with Crippen LogP contribution in [0.3, 0.4) is 0 Å². The van der Waals surface area contributed by atoms with Crippen molar-refractivity contribution in [1.29, 1.82) is 0 Å². The first kappa shape index (κ1) is 25.6. The topological polar surface area (TPSA) is 75.8 Å². The normalized spacial score (nSPS) is 15.4. The summed E-state index contributed by atoms with van der Waals surface area (Å²) in [6.07, 6.45) is 2.17. The van der Waals surface area contributed by atoms with Crippen molar-refractivity contribution in [1.82, 2.24) is 14.3 Å². The van der Waals surface area contributed by atoms with E-state index in [9.17, 15) is 9.90 Å². The summed E-state index contributed by atoms with van der Waals surface area (Å²) in [5.74, 6) is 0.285. The number of anilines is 2. The first-order valence-corrected chi connectivity index (χ1v) is 13.2. The second kappa shape index (κ2) is 11.6. The number of hydrogen-bond acceptors (Lipinski definition) is 6. The molecule has 0 amide bonds. The van der Waals surface area contributed by atoms with E-state index in [0.717, 1.165) is 55.2 Å². The van der Waals surface area contributed by atoms with Crippen molar-refractivity contribution in [3.05, 3.63) is 101 Å². The van der Waals surface area contributed by atoms with Crippen molar-refractivity contribution >= 4 is 11.4 Å². The molecule has 1 fully saturated rings. The minimum absolute atomic E-state index is 0.156. The van der Waals surface area contributed by atoms with Crippen molar-refractivity contribution in [3.63, 3.8) is 0 Å². The number of phenols is 1. The van der Waals surface area contributed by atoms with Gasteiger partial charge in [-0.3, -0.25) is 0 Å². The first-order chi connectivity index (χ1) is 18.5. The summed E-state index contributed by atoms with van der Waals surface area (Å²) in [6.45, 7) is 8.16. The number of nitrogens with zero attached hydrogens (tertiary/aromatic N) is 5. The minimum atomic E-state index is -0.165. The van der Waals surface area contributed by atoms with E-state index in [0.29, 0.717) is 6.61 Å². The molecule has 1 aliphatic rings. The highest BCUT2D eigenvalue weighted by molar-refractivity contribution is 5.54. The van der Waals surface area contributed by atoms with Gasteiger partial charge in [0.2, 0.25) is 0 Å². The Morgan fingerprint density at radius 3 is 1.97 bits per heavy atom. The van der Waals surface area contributed by atoms with Crippen LogP contribution in [0.15, 0.2) is 90.0 Å². The maximum absolute atomic E-state index is 13.3. The van der Waals surface area contributed by atoms with Crippen LogP contribution in [-0.4, -0.2) is 51.7 Å². The summed E-state index contributed by atoms with van der Waals surface area (Å²) in [6, 6.07) is 25.3. The molecule has 4 aromatic rings. The SMILES string of the molecule is CC[C@H]([C@H](C)OCc1ccccc1)n1ncn(-c2ccc(N3CCN(c4ccc(O)cc4)CC3)cc2)c1=O. The molecule has 0 unspecified atom stereocenters. The highest BCUT2D eigenvalue weighted by Crippen LogP contribution is 2.24. The predicted octanol–water partition coefficient (Wildman–Crippen LogP) is 4.62. The van der Waals surface area contributed by atoms with Crippen LogP contribution >= 0.6 is 0 Å². The van der Waals surface area contributed by atoms with Gasteiger partial charge in [0, 0.05) is 37.6 Å². The molecule has 0 saturated carbocycles. The van der Waals surface area contributed by atoms with Gasteiger partial charge < -0.3 is 19.6 Å². The predicted molar refractivity (Wildman–Crippen MR) is 150 cm³/mol. The summed E-state index contributed by atoms with van der Waals surface area (Å²) in [7, 11) is 0. The van der Waals surface area contributed by atoms with Crippen LogP contribution < -0.4 is 15.5 Å². The van der Waals surface area contributed by atoms with Crippen LogP contribution in [0.25, 0.3) is 5.69 Å². The van der Waals surface area contributed by atoms with Gasteiger partial charge in [-0.2, -0.15) is 5.10 Å². The van der Waals surface area contributed by atoms with E-state index in [1.54, 1.807) is 27.7 Å². The fraction of sp³-hybridized carbons (Fsp3) is 0.333. The van der Waals surface area contributed by atoms with Gasteiger partial charge in [-0.25, -0.2) is 14.0 Å². The van der Waals surface area contributed by atoms with Gasteiger partial charge in [-0.15, -0.1) is 0 Å². The van der Waals surface area contributed by atoms with Gasteiger partial charge in [-0.1, -0.05) is 37.3 Å². The third-order valence-corrected chi connectivity index (χ3v) is 7.31. The number of rotatable bonds is 9. The molecule has 1 aliphatic heterocycles. The van der Waals surface area contributed by atoms with E-state index >= 15 is 0 Å². The van der Waals surface area contributed by atoms with Gasteiger partial charge >= 0.3 is 5.69 Å². The number of piperazine rings is 1.